The monoisotopic (exact) mass is 584 g/mol. The second kappa shape index (κ2) is 12.5. The lowest BCUT2D eigenvalue weighted by Gasteiger charge is -2.17. The van der Waals surface area contributed by atoms with Crippen LogP contribution in [-0.2, 0) is 27.8 Å². The molecule has 0 aliphatic carbocycles. The summed E-state index contributed by atoms with van der Waals surface area (Å²) in [4.78, 5) is 25.3. The Hall–Kier alpha value is -3.94. The molecule has 0 spiro atoms. The molecule has 2 aromatic carbocycles. The molecule has 11 nitrogen and oxygen atoms in total. The number of sulfonamides is 1. The SMILES string of the molecule is CC(=O)C(CCCNC(=N)N)NC(=O)c1sccc1NS(=O)(=O)c1cc(-c2ccc(CN)cc2)cc2c1OCC2. The molecule has 1 atom stereocenters. The third-order valence-electron chi connectivity index (χ3n) is 6.46. The number of Topliss-reactive ketones (excluding diaryl/α,β-unsaturated/α-hetero) is 1. The molecule has 1 unspecified atom stereocenters. The maximum Gasteiger partial charge on any atom is 0.265 e. The highest BCUT2D eigenvalue weighted by Gasteiger charge is 2.29. The molecule has 0 saturated carbocycles. The molecule has 2 heterocycles. The van der Waals surface area contributed by atoms with Gasteiger partial charge in [0.1, 0.15) is 15.5 Å². The van der Waals surface area contributed by atoms with Gasteiger partial charge in [0, 0.05) is 19.5 Å². The van der Waals surface area contributed by atoms with E-state index in [1.54, 1.807) is 11.4 Å². The number of guanidine groups is 1. The topological polar surface area (TPSA) is 189 Å². The van der Waals surface area contributed by atoms with Crippen molar-refractivity contribution in [3.8, 4) is 16.9 Å². The Kier molecular flexibility index (Phi) is 9.07. The van der Waals surface area contributed by atoms with E-state index in [2.05, 4.69) is 15.4 Å². The van der Waals surface area contributed by atoms with Gasteiger partial charge in [0.2, 0.25) is 0 Å². The molecule has 1 aliphatic rings. The van der Waals surface area contributed by atoms with Crippen molar-refractivity contribution in [2.24, 2.45) is 11.5 Å². The number of nitrogens with two attached hydrogens (primary N) is 2. The zero-order valence-corrected chi connectivity index (χ0v) is 23.6. The van der Waals surface area contributed by atoms with Crippen molar-refractivity contribution in [1.29, 1.82) is 5.41 Å². The Bertz CT molecular complexity index is 1520. The molecule has 212 valence electrons. The number of ketones is 1. The molecule has 0 radical (unpaired) electrons. The smallest absolute Gasteiger partial charge is 0.265 e. The van der Waals surface area contributed by atoms with Crippen molar-refractivity contribution in [2.75, 3.05) is 17.9 Å². The molecule has 0 fully saturated rings. The van der Waals surface area contributed by atoms with Crippen molar-refractivity contribution >= 4 is 44.7 Å². The van der Waals surface area contributed by atoms with Crippen LogP contribution < -0.4 is 31.6 Å². The Labute approximate surface area is 236 Å². The zero-order chi connectivity index (χ0) is 28.9. The van der Waals surface area contributed by atoms with E-state index in [0.717, 1.165) is 33.6 Å². The fourth-order valence-corrected chi connectivity index (χ4v) is 6.47. The summed E-state index contributed by atoms with van der Waals surface area (Å²) in [6.45, 7) is 2.52. The predicted molar refractivity (Wildman–Crippen MR) is 155 cm³/mol. The number of nitrogens with one attached hydrogen (secondary N) is 4. The zero-order valence-electron chi connectivity index (χ0n) is 22.0. The van der Waals surface area contributed by atoms with Crippen LogP contribution in [0.25, 0.3) is 11.1 Å². The van der Waals surface area contributed by atoms with Gasteiger partial charge in [-0.2, -0.15) is 0 Å². The maximum absolute atomic E-state index is 13.7. The molecule has 3 aromatic rings. The average molecular weight is 585 g/mol. The average Bonchev–Trinajstić information content (AvgIpc) is 3.58. The van der Waals surface area contributed by atoms with Crippen LogP contribution in [0.15, 0.2) is 52.7 Å². The summed E-state index contributed by atoms with van der Waals surface area (Å²) in [6.07, 6.45) is 1.40. The highest BCUT2D eigenvalue weighted by molar-refractivity contribution is 7.92. The van der Waals surface area contributed by atoms with Crippen molar-refractivity contribution in [3.05, 3.63) is 63.8 Å². The number of carbonyl (C=O) groups excluding carboxylic acids is 2. The molecular weight excluding hydrogens is 552 g/mol. The maximum atomic E-state index is 13.7. The van der Waals surface area contributed by atoms with Crippen molar-refractivity contribution < 1.29 is 22.7 Å². The van der Waals surface area contributed by atoms with Gasteiger partial charge in [0.15, 0.2) is 11.7 Å². The lowest BCUT2D eigenvalue weighted by atomic mass is 10.0. The number of ether oxygens (including phenoxy) is 1. The first-order chi connectivity index (χ1) is 19.1. The van der Waals surface area contributed by atoms with E-state index in [4.69, 9.17) is 21.6 Å². The molecule has 13 heteroatoms. The van der Waals surface area contributed by atoms with Crippen LogP contribution in [0.5, 0.6) is 5.75 Å². The van der Waals surface area contributed by atoms with Crippen LogP contribution in [-0.4, -0.2) is 45.3 Å². The second-order valence-electron chi connectivity index (χ2n) is 9.35. The summed E-state index contributed by atoms with van der Waals surface area (Å²) in [5.74, 6) is -0.682. The lowest BCUT2D eigenvalue weighted by molar-refractivity contribution is -0.119. The Morgan fingerprint density at radius 2 is 1.90 bits per heavy atom. The number of anilines is 1. The highest BCUT2D eigenvalue weighted by Crippen LogP contribution is 2.38. The predicted octanol–water partition coefficient (Wildman–Crippen LogP) is 2.56. The quantitative estimate of drug-likeness (QED) is 0.106. The largest absolute Gasteiger partial charge is 0.492 e. The number of fused-ring (bicyclic) bond motifs is 1. The lowest BCUT2D eigenvalue weighted by Crippen LogP contribution is -2.40. The molecule has 1 aliphatic heterocycles. The third kappa shape index (κ3) is 6.79. The summed E-state index contributed by atoms with van der Waals surface area (Å²) in [5, 5.41) is 14.2. The Balaban J connectivity index is 1.56. The molecule has 8 N–H and O–H groups in total. The van der Waals surface area contributed by atoms with Gasteiger partial charge in [-0.3, -0.25) is 19.7 Å². The highest BCUT2D eigenvalue weighted by atomic mass is 32.2. The van der Waals surface area contributed by atoms with Gasteiger partial charge in [0.05, 0.1) is 18.3 Å². The first-order valence-corrected chi connectivity index (χ1v) is 15.0. The van der Waals surface area contributed by atoms with Crippen molar-refractivity contribution in [3.63, 3.8) is 0 Å². The summed E-state index contributed by atoms with van der Waals surface area (Å²) in [6, 6.07) is 11.8. The van der Waals surface area contributed by atoms with Crippen molar-refractivity contribution in [1.82, 2.24) is 10.6 Å². The number of hydrogen-bond acceptors (Lipinski definition) is 8. The van der Waals surface area contributed by atoms with Crippen LogP contribution >= 0.6 is 11.3 Å². The minimum absolute atomic E-state index is 0.0162. The van der Waals surface area contributed by atoms with Gasteiger partial charge in [-0.25, -0.2) is 8.42 Å². The summed E-state index contributed by atoms with van der Waals surface area (Å²) < 4.78 is 35.6. The summed E-state index contributed by atoms with van der Waals surface area (Å²) in [7, 11) is -4.15. The molecule has 0 saturated heterocycles. The fourth-order valence-electron chi connectivity index (χ4n) is 4.37. The van der Waals surface area contributed by atoms with Gasteiger partial charge in [0.25, 0.3) is 15.9 Å². The van der Waals surface area contributed by atoms with Gasteiger partial charge >= 0.3 is 0 Å². The van der Waals surface area contributed by atoms with E-state index in [-0.39, 0.29) is 27.2 Å². The van der Waals surface area contributed by atoms with Crippen LogP contribution in [0.3, 0.4) is 0 Å². The third-order valence-corrected chi connectivity index (χ3v) is 8.74. The number of benzene rings is 2. The molecule has 4 rings (SSSR count). The number of rotatable bonds is 12. The number of carbonyl (C=O) groups is 2. The second-order valence-corrected chi connectivity index (χ2v) is 11.9. The number of amides is 1. The van der Waals surface area contributed by atoms with Crippen LogP contribution in [0.1, 0.15) is 40.6 Å². The van der Waals surface area contributed by atoms with E-state index in [9.17, 15) is 18.0 Å². The first kappa shape index (κ1) is 29.1. The van der Waals surface area contributed by atoms with E-state index in [1.165, 1.54) is 13.0 Å². The van der Waals surface area contributed by atoms with E-state index < -0.39 is 22.0 Å². The minimum atomic E-state index is -4.15. The molecular formula is C27H32N6O5S2. The summed E-state index contributed by atoms with van der Waals surface area (Å²) in [5.41, 5.74) is 14.4. The van der Waals surface area contributed by atoms with E-state index >= 15 is 0 Å². The molecule has 0 bridgehead atoms. The number of hydrogen-bond donors (Lipinski definition) is 6. The van der Waals surface area contributed by atoms with Crippen LogP contribution in [0.2, 0.25) is 0 Å². The van der Waals surface area contributed by atoms with Crippen LogP contribution in [0, 0.1) is 5.41 Å². The van der Waals surface area contributed by atoms with E-state index in [0.29, 0.717) is 44.7 Å². The Morgan fingerprint density at radius 1 is 1.15 bits per heavy atom. The van der Waals surface area contributed by atoms with Gasteiger partial charge in [-0.15, -0.1) is 11.3 Å². The van der Waals surface area contributed by atoms with Gasteiger partial charge in [-0.05, 0) is 65.6 Å². The number of thiophene rings is 1. The van der Waals surface area contributed by atoms with Gasteiger partial charge in [-0.1, -0.05) is 24.3 Å². The fraction of sp³-hybridized carbons (Fsp3) is 0.296. The van der Waals surface area contributed by atoms with Gasteiger partial charge < -0.3 is 26.8 Å². The standard InChI is InChI=1S/C27H32N6O5S2/c1-16(34)21(3-2-10-31-27(29)30)32-26(35)25-22(9-12-39-25)33-40(36,37)23-14-20(13-19-8-11-38-24(19)23)18-6-4-17(15-28)5-7-18/h4-7,9,12-14,21,33H,2-3,8,10-11,15,28H2,1H3,(H,32,35)(H4,29,30,31). The normalized spacial score (nSPS) is 13.2. The molecule has 1 aromatic heterocycles. The van der Waals surface area contributed by atoms with E-state index in [1.807, 2.05) is 30.3 Å². The Morgan fingerprint density at radius 3 is 2.58 bits per heavy atom. The minimum Gasteiger partial charge on any atom is -0.492 e. The van der Waals surface area contributed by atoms with Crippen LogP contribution in [0.4, 0.5) is 5.69 Å². The summed E-state index contributed by atoms with van der Waals surface area (Å²) >= 11 is 1.06. The molecule has 40 heavy (non-hydrogen) atoms. The first-order valence-electron chi connectivity index (χ1n) is 12.7. The molecule has 1 amide bonds. The van der Waals surface area contributed by atoms with Crippen molar-refractivity contribution in [2.45, 2.75) is 43.7 Å².